The molecule has 5 nitrogen and oxygen atoms in total. The molecular formula is C15H24N2O3S. The van der Waals surface area contributed by atoms with Crippen LogP contribution in [0.15, 0.2) is 17.0 Å². The van der Waals surface area contributed by atoms with E-state index in [-0.39, 0.29) is 5.92 Å². The van der Waals surface area contributed by atoms with E-state index in [4.69, 9.17) is 10.5 Å². The Hall–Kier alpha value is -1.11. The molecule has 0 spiro atoms. The maximum Gasteiger partial charge on any atom is 0.243 e. The first-order valence-electron chi connectivity index (χ1n) is 7.31. The number of rotatable bonds is 5. The van der Waals surface area contributed by atoms with Crippen molar-refractivity contribution in [2.75, 3.05) is 32.0 Å². The number of anilines is 1. The van der Waals surface area contributed by atoms with Crippen molar-refractivity contribution in [3.05, 3.63) is 23.3 Å². The molecule has 1 aromatic carbocycles. The number of nitrogen functional groups attached to an aromatic ring is 1. The Morgan fingerprint density at radius 1 is 1.38 bits per heavy atom. The van der Waals surface area contributed by atoms with E-state index in [0.717, 1.165) is 24.2 Å². The lowest BCUT2D eigenvalue weighted by atomic mass is 10.1. The van der Waals surface area contributed by atoms with Gasteiger partial charge in [-0.25, -0.2) is 8.42 Å². The van der Waals surface area contributed by atoms with Crippen LogP contribution in [0.3, 0.4) is 0 Å². The minimum absolute atomic E-state index is 0.280. The fraction of sp³-hybridized carbons (Fsp3) is 0.600. The van der Waals surface area contributed by atoms with E-state index >= 15 is 0 Å². The zero-order valence-corrected chi connectivity index (χ0v) is 13.7. The summed E-state index contributed by atoms with van der Waals surface area (Å²) < 4.78 is 32.7. The van der Waals surface area contributed by atoms with Gasteiger partial charge in [-0.15, -0.1) is 0 Å². The largest absolute Gasteiger partial charge is 0.399 e. The molecule has 0 amide bonds. The molecule has 0 radical (unpaired) electrons. The highest BCUT2D eigenvalue weighted by Crippen LogP contribution is 2.26. The minimum Gasteiger partial charge on any atom is -0.399 e. The average molecular weight is 312 g/mol. The number of ether oxygens (including phenoxy) is 1. The van der Waals surface area contributed by atoms with Gasteiger partial charge in [0.25, 0.3) is 0 Å². The summed E-state index contributed by atoms with van der Waals surface area (Å²) in [6.07, 6.45) is 0.918. The number of aryl methyl sites for hydroxylation is 1. The number of sulfonamides is 1. The summed E-state index contributed by atoms with van der Waals surface area (Å²) in [4.78, 5) is 0.320. The summed E-state index contributed by atoms with van der Waals surface area (Å²) in [6, 6.07) is 3.36. The zero-order valence-electron chi connectivity index (χ0n) is 12.9. The van der Waals surface area contributed by atoms with Crippen LogP contribution in [0.2, 0.25) is 0 Å². The highest BCUT2D eigenvalue weighted by atomic mass is 32.2. The third-order valence-electron chi connectivity index (χ3n) is 4.10. The Bertz CT molecular complexity index is 608. The third kappa shape index (κ3) is 3.39. The maximum absolute atomic E-state index is 12.9. The first kappa shape index (κ1) is 16.3. The molecule has 0 aliphatic carbocycles. The summed E-state index contributed by atoms with van der Waals surface area (Å²) in [5.74, 6) is 0.280. The predicted octanol–water partition coefficient (Wildman–Crippen LogP) is 1.93. The Morgan fingerprint density at radius 2 is 2.10 bits per heavy atom. The molecule has 0 bridgehead atoms. The molecule has 1 atom stereocenters. The maximum atomic E-state index is 12.9. The molecule has 1 heterocycles. The van der Waals surface area contributed by atoms with Crippen molar-refractivity contribution in [3.63, 3.8) is 0 Å². The molecule has 1 fully saturated rings. The second-order valence-electron chi connectivity index (χ2n) is 5.65. The van der Waals surface area contributed by atoms with Crippen molar-refractivity contribution in [2.45, 2.75) is 32.1 Å². The first-order valence-corrected chi connectivity index (χ1v) is 8.75. The summed E-state index contributed by atoms with van der Waals surface area (Å²) in [5.41, 5.74) is 7.98. The van der Waals surface area contributed by atoms with Gasteiger partial charge in [0.1, 0.15) is 0 Å². The molecule has 0 aromatic heterocycles. The van der Waals surface area contributed by atoms with Crippen molar-refractivity contribution in [2.24, 2.45) is 5.92 Å². The Morgan fingerprint density at radius 3 is 2.67 bits per heavy atom. The van der Waals surface area contributed by atoms with Crippen LogP contribution >= 0.6 is 0 Å². The number of hydrogen-bond donors (Lipinski definition) is 1. The van der Waals surface area contributed by atoms with Crippen LogP contribution in [0.5, 0.6) is 0 Å². The second kappa shape index (κ2) is 6.34. The monoisotopic (exact) mass is 312 g/mol. The smallest absolute Gasteiger partial charge is 0.243 e. The lowest BCUT2D eigenvalue weighted by molar-refractivity contribution is 0.181. The van der Waals surface area contributed by atoms with Crippen LogP contribution in [-0.4, -0.2) is 39.0 Å². The standard InChI is InChI=1S/C15H24N2O3S/c1-4-17(9-13-5-6-20-10-13)21(18,19)15-8-14(16)7-11(2)12(15)3/h7-8,13H,4-6,9-10,16H2,1-3H3. The highest BCUT2D eigenvalue weighted by Gasteiger charge is 2.29. The van der Waals surface area contributed by atoms with Gasteiger partial charge in [-0.3, -0.25) is 0 Å². The van der Waals surface area contributed by atoms with Crippen LogP contribution in [0, 0.1) is 19.8 Å². The average Bonchev–Trinajstić information content (AvgIpc) is 2.92. The van der Waals surface area contributed by atoms with Crippen molar-refractivity contribution >= 4 is 15.7 Å². The quantitative estimate of drug-likeness (QED) is 0.843. The van der Waals surface area contributed by atoms with Crippen molar-refractivity contribution in [1.82, 2.24) is 4.31 Å². The Kier molecular flexibility index (Phi) is 4.91. The topological polar surface area (TPSA) is 72.6 Å². The number of nitrogens with zero attached hydrogens (tertiary/aromatic N) is 1. The molecule has 6 heteroatoms. The van der Waals surface area contributed by atoms with E-state index in [1.165, 1.54) is 4.31 Å². The Labute approximate surface area is 127 Å². The summed E-state index contributed by atoms with van der Waals surface area (Å²) in [6.45, 7) is 7.89. The van der Waals surface area contributed by atoms with Gasteiger partial charge in [0, 0.05) is 25.4 Å². The molecule has 2 N–H and O–H groups in total. The van der Waals surface area contributed by atoms with Gasteiger partial charge in [-0.05, 0) is 49.4 Å². The van der Waals surface area contributed by atoms with Crippen LogP contribution in [0.1, 0.15) is 24.5 Å². The molecule has 1 unspecified atom stereocenters. The Balaban J connectivity index is 2.34. The minimum atomic E-state index is -3.52. The van der Waals surface area contributed by atoms with Gasteiger partial charge >= 0.3 is 0 Å². The van der Waals surface area contributed by atoms with Gasteiger partial charge < -0.3 is 10.5 Å². The zero-order chi connectivity index (χ0) is 15.6. The number of hydrogen-bond acceptors (Lipinski definition) is 4. The summed E-state index contributed by atoms with van der Waals surface area (Å²) >= 11 is 0. The van der Waals surface area contributed by atoms with E-state index in [2.05, 4.69) is 0 Å². The fourth-order valence-corrected chi connectivity index (χ4v) is 4.53. The van der Waals surface area contributed by atoms with Crippen molar-refractivity contribution in [3.8, 4) is 0 Å². The van der Waals surface area contributed by atoms with E-state index in [0.29, 0.717) is 30.3 Å². The molecule has 118 valence electrons. The molecule has 1 aliphatic rings. The molecular weight excluding hydrogens is 288 g/mol. The van der Waals surface area contributed by atoms with Crippen LogP contribution in [-0.2, 0) is 14.8 Å². The molecule has 1 aliphatic heterocycles. The van der Waals surface area contributed by atoms with Crippen LogP contribution in [0.25, 0.3) is 0 Å². The van der Waals surface area contributed by atoms with E-state index in [1.807, 2.05) is 20.8 Å². The number of nitrogens with two attached hydrogens (primary N) is 1. The van der Waals surface area contributed by atoms with Gasteiger partial charge in [0.15, 0.2) is 0 Å². The molecule has 2 rings (SSSR count). The summed E-state index contributed by atoms with van der Waals surface area (Å²) in [5, 5.41) is 0. The van der Waals surface area contributed by atoms with Gasteiger partial charge in [0.2, 0.25) is 10.0 Å². The van der Waals surface area contributed by atoms with Gasteiger partial charge in [0.05, 0.1) is 11.5 Å². The molecule has 1 saturated heterocycles. The van der Waals surface area contributed by atoms with E-state index in [9.17, 15) is 8.42 Å². The van der Waals surface area contributed by atoms with Crippen LogP contribution in [0.4, 0.5) is 5.69 Å². The fourth-order valence-electron chi connectivity index (χ4n) is 2.67. The SMILES string of the molecule is CCN(CC1CCOC1)S(=O)(=O)c1cc(N)cc(C)c1C. The van der Waals surface area contributed by atoms with E-state index in [1.54, 1.807) is 12.1 Å². The predicted molar refractivity (Wildman–Crippen MR) is 83.7 cm³/mol. The normalized spacial score (nSPS) is 19.3. The second-order valence-corrected chi connectivity index (χ2v) is 7.55. The van der Waals surface area contributed by atoms with E-state index < -0.39 is 10.0 Å². The molecule has 1 aromatic rings. The lowest BCUT2D eigenvalue weighted by Crippen LogP contribution is -2.36. The van der Waals surface area contributed by atoms with Gasteiger partial charge in [-0.1, -0.05) is 6.92 Å². The third-order valence-corrected chi connectivity index (χ3v) is 6.17. The molecule has 0 saturated carbocycles. The van der Waals surface area contributed by atoms with Crippen LogP contribution < -0.4 is 5.73 Å². The van der Waals surface area contributed by atoms with Crippen molar-refractivity contribution < 1.29 is 13.2 Å². The molecule has 21 heavy (non-hydrogen) atoms. The first-order chi connectivity index (χ1) is 9.86. The number of benzene rings is 1. The van der Waals surface area contributed by atoms with Crippen molar-refractivity contribution in [1.29, 1.82) is 0 Å². The lowest BCUT2D eigenvalue weighted by Gasteiger charge is -2.24. The summed E-state index contributed by atoms with van der Waals surface area (Å²) in [7, 11) is -3.52. The van der Waals surface area contributed by atoms with Gasteiger partial charge in [-0.2, -0.15) is 4.31 Å². The highest BCUT2D eigenvalue weighted by molar-refractivity contribution is 7.89.